The van der Waals surface area contributed by atoms with E-state index < -0.39 is 0 Å². The highest BCUT2D eigenvalue weighted by atomic mass is 15.0. The molecule has 0 amide bonds. The maximum Gasteiger partial charge on any atom is 0.241 e. The Bertz CT molecular complexity index is 547. The molecule has 2 aromatic rings. The molecule has 144 valence electrons. The summed E-state index contributed by atoms with van der Waals surface area (Å²) >= 11 is 0. The van der Waals surface area contributed by atoms with Gasteiger partial charge in [0, 0.05) is 5.92 Å². The molecule has 2 rings (SSSR count). The zero-order valence-electron chi connectivity index (χ0n) is 17.0. The normalized spacial score (nSPS) is 13.6. The number of imidazole rings is 1. The highest BCUT2D eigenvalue weighted by Gasteiger charge is 2.22. The summed E-state index contributed by atoms with van der Waals surface area (Å²) in [5, 5.41) is 0. The Morgan fingerprint density at radius 1 is 0.885 bits per heavy atom. The van der Waals surface area contributed by atoms with Crippen molar-refractivity contribution in [2.75, 3.05) is 0 Å². The number of H-pyrrole nitrogens is 1. The van der Waals surface area contributed by atoms with Crippen molar-refractivity contribution in [3.8, 4) is 0 Å². The van der Waals surface area contributed by atoms with Gasteiger partial charge in [-0.25, -0.2) is 4.57 Å². The Kier molecular flexibility index (Phi) is 10.2. The van der Waals surface area contributed by atoms with Gasteiger partial charge < -0.3 is 0 Å². The van der Waals surface area contributed by atoms with Crippen LogP contribution in [0.4, 0.5) is 0 Å². The second kappa shape index (κ2) is 12.7. The van der Waals surface area contributed by atoms with E-state index in [1.54, 1.807) is 0 Å². The lowest BCUT2D eigenvalue weighted by molar-refractivity contribution is -0.725. The zero-order valence-corrected chi connectivity index (χ0v) is 17.0. The van der Waals surface area contributed by atoms with Crippen LogP contribution in [0.1, 0.15) is 89.7 Å². The van der Waals surface area contributed by atoms with Crippen molar-refractivity contribution < 1.29 is 4.57 Å². The molecule has 0 bridgehead atoms. The summed E-state index contributed by atoms with van der Waals surface area (Å²) in [6.07, 6.45) is 21.4. The summed E-state index contributed by atoms with van der Waals surface area (Å²) in [6, 6.07) is 11.5. The predicted octanol–water partition coefficient (Wildman–Crippen LogP) is 6.64. The van der Waals surface area contributed by atoms with Gasteiger partial charge in [0.15, 0.2) is 0 Å². The third-order valence-electron chi connectivity index (χ3n) is 5.74. The van der Waals surface area contributed by atoms with Crippen molar-refractivity contribution >= 4 is 0 Å². The number of hydrogen-bond acceptors (Lipinski definition) is 0. The molecular weight excluding hydrogens is 316 g/mol. The molecule has 0 aliphatic carbocycles. The number of hydrogen-bond donors (Lipinski definition) is 1. The fourth-order valence-corrected chi connectivity index (χ4v) is 3.95. The number of aromatic nitrogens is 2. The Labute approximate surface area is 161 Å². The van der Waals surface area contributed by atoms with Crippen molar-refractivity contribution in [3.05, 3.63) is 54.6 Å². The lowest BCUT2D eigenvalue weighted by Crippen LogP contribution is -2.40. The second-order valence-electron chi connectivity index (χ2n) is 7.87. The standard InChI is InChI=1S/C24H38N2/c1-3-4-5-6-7-8-9-10-14-17-24(20-23-15-12-11-13-16-23)22(2)26-19-18-25-21-26/h11-13,15-16,18-19,21-22,24H,3-10,14,17,20H2,1-2H3/p+1. The molecule has 2 unspecified atom stereocenters. The van der Waals surface area contributed by atoms with Gasteiger partial charge in [-0.15, -0.1) is 0 Å². The van der Waals surface area contributed by atoms with Crippen LogP contribution in [-0.2, 0) is 6.42 Å². The van der Waals surface area contributed by atoms with Gasteiger partial charge in [0.05, 0.1) is 0 Å². The molecule has 0 aliphatic heterocycles. The fourth-order valence-electron chi connectivity index (χ4n) is 3.95. The summed E-state index contributed by atoms with van der Waals surface area (Å²) in [6.45, 7) is 4.66. The van der Waals surface area contributed by atoms with Gasteiger partial charge >= 0.3 is 0 Å². The molecule has 26 heavy (non-hydrogen) atoms. The van der Waals surface area contributed by atoms with E-state index in [1.807, 2.05) is 6.20 Å². The first-order valence-electron chi connectivity index (χ1n) is 10.9. The summed E-state index contributed by atoms with van der Waals surface area (Å²) in [7, 11) is 0. The van der Waals surface area contributed by atoms with E-state index in [9.17, 15) is 0 Å². The van der Waals surface area contributed by atoms with E-state index >= 15 is 0 Å². The molecule has 2 heteroatoms. The number of nitrogens with one attached hydrogen (secondary N) is 1. The maximum atomic E-state index is 3.20. The molecule has 0 saturated carbocycles. The molecule has 1 aromatic heterocycles. The van der Waals surface area contributed by atoms with E-state index in [0.29, 0.717) is 12.0 Å². The Morgan fingerprint density at radius 2 is 1.54 bits per heavy atom. The third-order valence-corrected chi connectivity index (χ3v) is 5.74. The first-order chi connectivity index (χ1) is 12.8. The van der Waals surface area contributed by atoms with Crippen LogP contribution < -0.4 is 4.57 Å². The molecule has 0 saturated heterocycles. The van der Waals surface area contributed by atoms with E-state index in [0.717, 1.165) is 0 Å². The van der Waals surface area contributed by atoms with Crippen molar-refractivity contribution in [2.45, 2.75) is 90.5 Å². The first-order valence-corrected chi connectivity index (χ1v) is 10.9. The minimum Gasteiger partial charge on any atom is -0.250 e. The molecule has 2 atom stereocenters. The summed E-state index contributed by atoms with van der Waals surface area (Å²) in [5.74, 6) is 0.697. The topological polar surface area (TPSA) is 19.7 Å². The van der Waals surface area contributed by atoms with Gasteiger partial charge in [-0.05, 0) is 25.3 Å². The molecule has 1 heterocycles. The predicted molar refractivity (Wildman–Crippen MR) is 111 cm³/mol. The van der Waals surface area contributed by atoms with Gasteiger partial charge in [0.1, 0.15) is 18.4 Å². The average Bonchev–Trinajstić information content (AvgIpc) is 3.21. The molecule has 2 nitrogen and oxygen atoms in total. The number of rotatable bonds is 14. The van der Waals surface area contributed by atoms with Crippen LogP contribution in [0.25, 0.3) is 0 Å². The van der Waals surface area contributed by atoms with Gasteiger partial charge in [-0.3, -0.25) is 4.98 Å². The van der Waals surface area contributed by atoms with Crippen molar-refractivity contribution in [1.29, 1.82) is 0 Å². The van der Waals surface area contributed by atoms with Crippen LogP contribution in [0.2, 0.25) is 0 Å². The Morgan fingerprint density at radius 3 is 2.15 bits per heavy atom. The summed E-state index contributed by atoms with van der Waals surface area (Å²) in [5.41, 5.74) is 1.47. The minimum atomic E-state index is 0.537. The third kappa shape index (κ3) is 7.76. The minimum absolute atomic E-state index is 0.537. The second-order valence-corrected chi connectivity index (χ2v) is 7.87. The summed E-state index contributed by atoms with van der Waals surface area (Å²) < 4.78 is 2.33. The summed E-state index contributed by atoms with van der Waals surface area (Å²) in [4.78, 5) is 3.20. The Hall–Kier alpha value is -1.57. The molecule has 0 fully saturated rings. The van der Waals surface area contributed by atoms with E-state index in [-0.39, 0.29) is 0 Å². The number of aromatic amines is 1. The number of unbranched alkanes of at least 4 members (excludes halogenated alkanes) is 8. The highest BCUT2D eigenvalue weighted by Crippen LogP contribution is 2.24. The lowest BCUT2D eigenvalue weighted by Gasteiger charge is -2.22. The van der Waals surface area contributed by atoms with Crippen LogP contribution in [0.3, 0.4) is 0 Å². The highest BCUT2D eigenvalue weighted by molar-refractivity contribution is 5.15. The van der Waals surface area contributed by atoms with Gasteiger partial charge in [0.25, 0.3) is 0 Å². The van der Waals surface area contributed by atoms with Crippen molar-refractivity contribution in [2.24, 2.45) is 5.92 Å². The average molecular weight is 356 g/mol. The van der Waals surface area contributed by atoms with Crippen LogP contribution >= 0.6 is 0 Å². The quantitative estimate of drug-likeness (QED) is 0.289. The van der Waals surface area contributed by atoms with Crippen molar-refractivity contribution in [3.63, 3.8) is 0 Å². The number of nitrogens with zero attached hydrogens (tertiary/aromatic N) is 1. The largest absolute Gasteiger partial charge is 0.250 e. The monoisotopic (exact) mass is 355 g/mol. The SMILES string of the molecule is CCCCCCCCCCCC(Cc1ccccc1)C(C)[n+]1cc[nH]c1. The first kappa shape index (κ1) is 20.7. The molecular formula is C24H39N2+. The van der Waals surface area contributed by atoms with Gasteiger partial charge in [-0.2, -0.15) is 0 Å². The molecule has 0 radical (unpaired) electrons. The maximum absolute atomic E-state index is 3.20. The molecule has 0 spiro atoms. The smallest absolute Gasteiger partial charge is 0.241 e. The zero-order chi connectivity index (χ0) is 18.5. The van der Waals surface area contributed by atoms with E-state index in [4.69, 9.17) is 0 Å². The van der Waals surface area contributed by atoms with Crippen LogP contribution in [0.15, 0.2) is 49.1 Å². The van der Waals surface area contributed by atoms with Gasteiger partial charge in [0.2, 0.25) is 6.33 Å². The number of benzene rings is 1. The van der Waals surface area contributed by atoms with Gasteiger partial charge in [-0.1, -0.05) is 95.0 Å². The van der Waals surface area contributed by atoms with Crippen LogP contribution in [0, 0.1) is 5.92 Å². The van der Waals surface area contributed by atoms with E-state index in [1.165, 1.54) is 76.2 Å². The fraction of sp³-hybridized carbons (Fsp3) is 0.625. The van der Waals surface area contributed by atoms with Crippen molar-refractivity contribution in [1.82, 2.24) is 4.98 Å². The van der Waals surface area contributed by atoms with E-state index in [2.05, 4.69) is 66.3 Å². The van der Waals surface area contributed by atoms with Crippen LogP contribution in [-0.4, -0.2) is 4.98 Å². The Balaban J connectivity index is 1.74. The molecule has 1 N–H and O–H groups in total. The lowest BCUT2D eigenvalue weighted by atomic mass is 9.88. The van der Waals surface area contributed by atoms with Crippen LogP contribution in [0.5, 0.6) is 0 Å². The molecule has 0 aliphatic rings. The molecule has 1 aromatic carbocycles.